The quantitative estimate of drug-likeness (QED) is 0.0762. The number of halogens is 4. The van der Waals surface area contributed by atoms with Gasteiger partial charge in [0, 0.05) is 159 Å². The summed E-state index contributed by atoms with van der Waals surface area (Å²) in [6, 6.07) is 7.70. The van der Waals surface area contributed by atoms with Gasteiger partial charge in [-0.1, -0.05) is 0 Å². The zero-order chi connectivity index (χ0) is 59.7. The van der Waals surface area contributed by atoms with Gasteiger partial charge in [-0.3, -0.25) is 24.2 Å². The SMILES string of the molecule is Cc1c(N2CCCC2=O)nc2cc(F)cc(F)c2c1Nc1cc(N2CCOCC2)ncc1-c1cnc(CC(=O)OC(C)(C)C)nc1.Cc1c(N2CCCC2=O)nc2cc(F)cc(F)c2c1Nc1cc(N2CCOCC2)ncc1-c1cnc(N)nc1. The van der Waals surface area contributed by atoms with Gasteiger partial charge in [0.2, 0.25) is 17.8 Å². The summed E-state index contributed by atoms with van der Waals surface area (Å²) in [6.07, 6.45) is 11.8. The molecule has 440 valence electrons. The molecule has 0 unspecified atom stereocenters. The van der Waals surface area contributed by atoms with Crippen LogP contribution in [0.15, 0.2) is 73.6 Å². The Hall–Kier alpha value is -9.23. The number of fused-ring (bicyclic) bond motifs is 2. The minimum Gasteiger partial charge on any atom is -0.460 e. The summed E-state index contributed by atoms with van der Waals surface area (Å²) < 4.78 is 76.0. The van der Waals surface area contributed by atoms with E-state index in [9.17, 15) is 23.2 Å². The maximum absolute atomic E-state index is 15.5. The van der Waals surface area contributed by atoms with E-state index in [-0.39, 0.29) is 46.0 Å². The fourth-order valence-corrected chi connectivity index (χ4v) is 10.7. The summed E-state index contributed by atoms with van der Waals surface area (Å²) in [4.78, 5) is 80.5. The molecule has 6 aromatic heterocycles. The Morgan fingerprint density at radius 1 is 0.600 bits per heavy atom. The van der Waals surface area contributed by atoms with Gasteiger partial charge in [0.15, 0.2) is 0 Å². The van der Waals surface area contributed by atoms with E-state index in [0.717, 1.165) is 18.2 Å². The molecule has 4 aliphatic heterocycles. The second-order valence-corrected chi connectivity index (χ2v) is 21.8. The van der Waals surface area contributed by atoms with E-state index in [4.69, 9.17) is 24.9 Å². The number of pyridine rings is 4. The summed E-state index contributed by atoms with van der Waals surface area (Å²) in [5.41, 5.74) is 10.7. The summed E-state index contributed by atoms with van der Waals surface area (Å²) >= 11 is 0. The lowest BCUT2D eigenvalue weighted by molar-refractivity contribution is -0.154. The van der Waals surface area contributed by atoms with Crippen LogP contribution in [0.25, 0.3) is 44.1 Å². The third-order valence-electron chi connectivity index (χ3n) is 14.8. The van der Waals surface area contributed by atoms with E-state index in [0.29, 0.717) is 177 Å². The molecule has 0 aliphatic carbocycles. The first-order chi connectivity index (χ1) is 40.8. The summed E-state index contributed by atoms with van der Waals surface area (Å²) in [6.45, 7) is 14.7. The van der Waals surface area contributed by atoms with E-state index >= 15 is 8.78 Å². The van der Waals surface area contributed by atoms with E-state index in [1.54, 1.807) is 81.6 Å². The van der Waals surface area contributed by atoms with Crippen LogP contribution in [-0.2, 0) is 35.0 Å². The number of esters is 1. The van der Waals surface area contributed by atoms with Gasteiger partial charge in [-0.05, 0) is 47.5 Å². The Balaban J connectivity index is 0.000000179. The van der Waals surface area contributed by atoms with Crippen molar-refractivity contribution in [2.75, 3.05) is 102 Å². The lowest BCUT2D eigenvalue weighted by atomic mass is 10.0. The lowest BCUT2D eigenvalue weighted by Crippen LogP contribution is -2.36. The Labute approximate surface area is 486 Å². The van der Waals surface area contributed by atoms with Crippen molar-refractivity contribution in [2.24, 2.45) is 0 Å². The molecule has 25 heteroatoms. The number of nitrogens with two attached hydrogens (primary N) is 1. The van der Waals surface area contributed by atoms with Crippen LogP contribution in [0.4, 0.5) is 69.5 Å². The van der Waals surface area contributed by atoms with Crippen LogP contribution in [0.2, 0.25) is 0 Å². The number of carbonyl (C=O) groups is 3. The number of nitrogens with zero attached hydrogens (tertiary/aromatic N) is 12. The Morgan fingerprint density at radius 2 is 1.02 bits per heavy atom. The van der Waals surface area contributed by atoms with Gasteiger partial charge >= 0.3 is 5.97 Å². The second-order valence-electron chi connectivity index (χ2n) is 21.8. The average molecular weight is 1160 g/mol. The smallest absolute Gasteiger partial charge is 0.314 e. The number of ether oxygens (including phenoxy) is 3. The van der Waals surface area contributed by atoms with Crippen molar-refractivity contribution >= 4 is 91.6 Å². The molecule has 0 bridgehead atoms. The van der Waals surface area contributed by atoms with Gasteiger partial charge < -0.3 is 40.4 Å². The van der Waals surface area contributed by atoms with E-state index in [1.165, 1.54) is 6.07 Å². The molecule has 0 radical (unpaired) electrons. The van der Waals surface area contributed by atoms with E-state index in [1.807, 2.05) is 12.1 Å². The largest absolute Gasteiger partial charge is 0.460 e. The minimum atomic E-state index is -0.786. The van der Waals surface area contributed by atoms with Crippen LogP contribution in [0.3, 0.4) is 0 Å². The van der Waals surface area contributed by atoms with Gasteiger partial charge in [-0.2, -0.15) is 0 Å². The lowest BCUT2D eigenvalue weighted by Gasteiger charge is -2.29. The van der Waals surface area contributed by atoms with Crippen LogP contribution in [0, 0.1) is 37.1 Å². The van der Waals surface area contributed by atoms with Gasteiger partial charge in [-0.25, -0.2) is 57.4 Å². The average Bonchev–Trinajstić information content (AvgIpc) is 3.47. The Bertz CT molecular complexity index is 3880. The molecular formula is C60H61F4N15O6. The fourth-order valence-electron chi connectivity index (χ4n) is 10.7. The number of hydrogen-bond acceptors (Lipinski definition) is 19. The molecule has 0 saturated carbocycles. The van der Waals surface area contributed by atoms with Crippen LogP contribution in [0.1, 0.15) is 63.4 Å². The molecule has 0 spiro atoms. The first-order valence-electron chi connectivity index (χ1n) is 27.9. The number of amides is 2. The van der Waals surface area contributed by atoms with Crippen molar-refractivity contribution in [3.8, 4) is 22.3 Å². The maximum Gasteiger partial charge on any atom is 0.314 e. The monoisotopic (exact) mass is 1160 g/mol. The van der Waals surface area contributed by atoms with E-state index in [2.05, 4.69) is 55.3 Å². The highest BCUT2D eigenvalue weighted by molar-refractivity contribution is 6.05. The third kappa shape index (κ3) is 12.5. The Kier molecular flexibility index (Phi) is 16.4. The summed E-state index contributed by atoms with van der Waals surface area (Å²) in [5, 5.41) is 7.01. The van der Waals surface area contributed by atoms with Crippen LogP contribution in [0.5, 0.6) is 0 Å². The first-order valence-corrected chi connectivity index (χ1v) is 27.9. The highest BCUT2D eigenvalue weighted by atomic mass is 19.1. The van der Waals surface area contributed by atoms with Gasteiger partial charge in [0.1, 0.15) is 64.4 Å². The maximum atomic E-state index is 15.5. The fraction of sp³-hybridized carbons (Fsp3) is 0.350. The number of carbonyl (C=O) groups excluding carboxylic acids is 3. The number of rotatable bonds is 12. The van der Waals surface area contributed by atoms with Crippen molar-refractivity contribution in [1.29, 1.82) is 0 Å². The zero-order valence-electron chi connectivity index (χ0n) is 47.4. The number of nitrogens with one attached hydrogen (secondary N) is 2. The molecule has 8 aromatic rings. The second kappa shape index (κ2) is 24.2. The third-order valence-corrected chi connectivity index (χ3v) is 14.8. The number of hydrogen-bond donors (Lipinski definition) is 3. The van der Waals surface area contributed by atoms with Crippen LogP contribution in [-0.4, -0.2) is 129 Å². The molecule has 4 fully saturated rings. The number of aromatic nitrogens is 8. The summed E-state index contributed by atoms with van der Waals surface area (Å²) in [7, 11) is 0. The molecule has 85 heavy (non-hydrogen) atoms. The molecule has 4 N–H and O–H groups in total. The molecule has 10 heterocycles. The molecular weight excluding hydrogens is 1100 g/mol. The van der Waals surface area contributed by atoms with Crippen molar-refractivity contribution in [3.05, 3.63) is 114 Å². The van der Waals surface area contributed by atoms with Crippen molar-refractivity contribution in [2.45, 2.75) is 72.3 Å². The molecule has 0 atom stereocenters. The Morgan fingerprint density at radius 3 is 1.42 bits per heavy atom. The van der Waals surface area contributed by atoms with Gasteiger partial charge in [-0.15, -0.1) is 0 Å². The van der Waals surface area contributed by atoms with Gasteiger partial charge in [0.05, 0.1) is 71.0 Å². The zero-order valence-corrected chi connectivity index (χ0v) is 47.4. The molecule has 12 rings (SSSR count). The molecule has 2 aromatic carbocycles. The van der Waals surface area contributed by atoms with Crippen molar-refractivity contribution in [1.82, 2.24) is 39.9 Å². The van der Waals surface area contributed by atoms with E-state index < -0.39 is 34.8 Å². The van der Waals surface area contributed by atoms with Gasteiger partial charge in [0.25, 0.3) is 0 Å². The number of nitrogen functional groups attached to an aromatic ring is 1. The molecule has 4 aliphatic rings. The van der Waals surface area contributed by atoms with Crippen molar-refractivity contribution < 1.29 is 46.2 Å². The predicted molar refractivity (Wildman–Crippen MR) is 313 cm³/mol. The number of morpholine rings is 2. The topological polar surface area (TPSA) is 245 Å². The standard InChI is InChI=1S/C33H35F2N7O4.C27H26F2N8O2/c1-19-31(30-23(35)12-21(34)13-25(30)40-32(19)42-7-5-6-28(42)43)39-24-14-27(41-8-10-45-11-9-41)38-18-22(24)20-16-36-26(37-17-20)15-29(44)46-33(2,3)4;1-15-25(24-19(29)9-17(28)10-21(24)35-26(15)37-4-2-3-23(37)38)34-20-11-22(36-5-7-39-8-6-36)31-14-18(20)16-12-32-27(30)33-13-16/h12-14,16-18H,5-11,15H2,1-4H3,(H,38,39,40);9-14H,2-8H2,1H3,(H2,30,32,33)(H,31,34,35). The highest BCUT2D eigenvalue weighted by Gasteiger charge is 2.31. The highest BCUT2D eigenvalue weighted by Crippen LogP contribution is 2.43. The minimum absolute atomic E-state index is 0.0778. The number of anilines is 9. The molecule has 2 amide bonds. The van der Waals surface area contributed by atoms with Crippen LogP contribution >= 0.6 is 0 Å². The van der Waals surface area contributed by atoms with Crippen molar-refractivity contribution in [3.63, 3.8) is 0 Å². The molecule has 4 saturated heterocycles. The first kappa shape index (κ1) is 57.6. The predicted octanol–water partition coefficient (Wildman–Crippen LogP) is 9.23. The van der Waals surface area contributed by atoms with Crippen LogP contribution < -0.4 is 36.0 Å². The normalized spacial score (nSPS) is 15.6. The molecule has 21 nitrogen and oxygen atoms in total. The number of benzene rings is 2. The summed E-state index contributed by atoms with van der Waals surface area (Å²) in [5.74, 6) is -1.15.